The first-order chi connectivity index (χ1) is 12.5. The molecule has 1 heterocycles. The standard InChI is InChI=1S/C20H19ClN2O3/c1-14(24)15-2-4-16(5-3-15)19(25)22-10-12-23(13-11-22)20(26)17-6-8-18(21)9-7-17/h2-9H,10-13H2,1H3. The van der Waals surface area contributed by atoms with E-state index in [0.29, 0.717) is 47.9 Å². The number of hydrogen-bond donors (Lipinski definition) is 0. The molecule has 1 aliphatic heterocycles. The molecule has 0 N–H and O–H groups in total. The molecule has 0 saturated carbocycles. The molecule has 2 amide bonds. The third-order valence-electron chi connectivity index (χ3n) is 4.48. The highest BCUT2D eigenvalue weighted by molar-refractivity contribution is 6.30. The van der Waals surface area contributed by atoms with Crippen molar-refractivity contribution in [1.82, 2.24) is 9.80 Å². The number of ketones is 1. The molecule has 0 spiro atoms. The van der Waals surface area contributed by atoms with Crippen molar-refractivity contribution in [3.8, 4) is 0 Å². The zero-order valence-electron chi connectivity index (χ0n) is 14.4. The fourth-order valence-electron chi connectivity index (χ4n) is 2.92. The molecule has 1 fully saturated rings. The Balaban J connectivity index is 1.60. The first-order valence-corrected chi connectivity index (χ1v) is 8.78. The van der Waals surface area contributed by atoms with Gasteiger partial charge in [0.2, 0.25) is 0 Å². The molecule has 0 aromatic heterocycles. The average molecular weight is 371 g/mol. The van der Waals surface area contributed by atoms with Gasteiger partial charge in [-0.1, -0.05) is 23.7 Å². The van der Waals surface area contributed by atoms with Crippen LogP contribution >= 0.6 is 11.6 Å². The van der Waals surface area contributed by atoms with Crippen molar-refractivity contribution in [2.45, 2.75) is 6.92 Å². The van der Waals surface area contributed by atoms with Crippen molar-refractivity contribution in [3.05, 3.63) is 70.2 Å². The van der Waals surface area contributed by atoms with Gasteiger partial charge in [0.05, 0.1) is 0 Å². The summed E-state index contributed by atoms with van der Waals surface area (Å²) in [6.07, 6.45) is 0. The zero-order chi connectivity index (χ0) is 18.7. The summed E-state index contributed by atoms with van der Waals surface area (Å²) in [5.41, 5.74) is 1.72. The molecular formula is C20H19ClN2O3. The highest BCUT2D eigenvalue weighted by atomic mass is 35.5. The van der Waals surface area contributed by atoms with Gasteiger partial charge >= 0.3 is 0 Å². The number of halogens is 1. The number of benzene rings is 2. The fourth-order valence-corrected chi connectivity index (χ4v) is 3.04. The molecular weight excluding hydrogens is 352 g/mol. The van der Waals surface area contributed by atoms with Gasteiger partial charge in [0.1, 0.15) is 0 Å². The number of amides is 2. The lowest BCUT2D eigenvalue weighted by atomic mass is 10.1. The summed E-state index contributed by atoms with van der Waals surface area (Å²) in [7, 11) is 0. The molecule has 0 bridgehead atoms. The van der Waals surface area contributed by atoms with Gasteiger partial charge in [0.15, 0.2) is 5.78 Å². The number of piperazine rings is 1. The number of carbonyl (C=O) groups is 3. The van der Waals surface area contributed by atoms with Gasteiger partial charge in [-0.2, -0.15) is 0 Å². The first-order valence-electron chi connectivity index (χ1n) is 8.41. The lowest BCUT2D eigenvalue weighted by molar-refractivity contribution is 0.0535. The summed E-state index contributed by atoms with van der Waals surface area (Å²) >= 11 is 5.85. The van der Waals surface area contributed by atoms with Crippen LogP contribution in [-0.2, 0) is 0 Å². The molecule has 0 aliphatic carbocycles. The monoisotopic (exact) mass is 370 g/mol. The SMILES string of the molecule is CC(=O)c1ccc(C(=O)N2CCN(C(=O)c3ccc(Cl)cc3)CC2)cc1. The molecule has 0 unspecified atom stereocenters. The van der Waals surface area contributed by atoms with Gasteiger partial charge < -0.3 is 9.80 Å². The second-order valence-corrected chi connectivity index (χ2v) is 6.66. The summed E-state index contributed by atoms with van der Waals surface area (Å²) in [6.45, 7) is 3.42. The van der Waals surface area contributed by atoms with E-state index in [9.17, 15) is 14.4 Å². The molecule has 5 nitrogen and oxygen atoms in total. The summed E-state index contributed by atoms with van der Waals surface area (Å²) in [5.74, 6) is -0.170. The van der Waals surface area contributed by atoms with Crippen LogP contribution in [0.1, 0.15) is 38.0 Å². The van der Waals surface area contributed by atoms with Crippen LogP contribution in [0.5, 0.6) is 0 Å². The molecule has 1 saturated heterocycles. The van der Waals surface area contributed by atoms with E-state index >= 15 is 0 Å². The van der Waals surface area contributed by atoms with Crippen molar-refractivity contribution in [1.29, 1.82) is 0 Å². The molecule has 3 rings (SSSR count). The minimum Gasteiger partial charge on any atom is -0.335 e. The summed E-state index contributed by atoms with van der Waals surface area (Å²) in [4.78, 5) is 39.9. The van der Waals surface area contributed by atoms with Crippen LogP contribution in [0.2, 0.25) is 5.02 Å². The minimum atomic E-state index is -0.0845. The first kappa shape index (κ1) is 18.1. The number of carbonyl (C=O) groups excluding carboxylic acids is 3. The number of rotatable bonds is 3. The number of hydrogen-bond acceptors (Lipinski definition) is 3. The van der Waals surface area contributed by atoms with Crippen LogP contribution in [0.4, 0.5) is 0 Å². The van der Waals surface area contributed by atoms with Crippen molar-refractivity contribution in [3.63, 3.8) is 0 Å². The zero-order valence-corrected chi connectivity index (χ0v) is 15.2. The van der Waals surface area contributed by atoms with Crippen molar-refractivity contribution in [2.24, 2.45) is 0 Å². The van der Waals surface area contributed by atoms with E-state index in [-0.39, 0.29) is 17.6 Å². The van der Waals surface area contributed by atoms with E-state index < -0.39 is 0 Å². The van der Waals surface area contributed by atoms with Crippen LogP contribution in [0, 0.1) is 0 Å². The van der Waals surface area contributed by atoms with Crippen LogP contribution in [-0.4, -0.2) is 53.6 Å². The molecule has 134 valence electrons. The second-order valence-electron chi connectivity index (χ2n) is 6.22. The quantitative estimate of drug-likeness (QED) is 0.780. The Labute approximate surface area is 157 Å². The summed E-state index contributed by atoms with van der Waals surface area (Å²) in [6, 6.07) is 13.5. The van der Waals surface area contributed by atoms with Crippen LogP contribution in [0.15, 0.2) is 48.5 Å². The number of nitrogens with zero attached hydrogens (tertiary/aromatic N) is 2. The van der Waals surface area contributed by atoms with Crippen molar-refractivity contribution >= 4 is 29.2 Å². The molecule has 0 atom stereocenters. The van der Waals surface area contributed by atoms with Gasteiger partial charge in [0, 0.05) is 47.9 Å². The Bertz CT molecular complexity index is 823. The van der Waals surface area contributed by atoms with Crippen molar-refractivity contribution < 1.29 is 14.4 Å². The number of Topliss-reactive ketones (excluding diaryl/α,β-unsaturated/α-hetero) is 1. The Hall–Kier alpha value is -2.66. The molecule has 2 aromatic rings. The maximum atomic E-state index is 12.6. The largest absolute Gasteiger partial charge is 0.335 e. The summed E-state index contributed by atoms with van der Waals surface area (Å²) < 4.78 is 0. The average Bonchev–Trinajstić information content (AvgIpc) is 2.67. The Morgan fingerprint density at radius 1 is 0.692 bits per heavy atom. The third kappa shape index (κ3) is 3.94. The molecule has 0 radical (unpaired) electrons. The predicted octanol–water partition coefficient (Wildman–Crippen LogP) is 3.14. The predicted molar refractivity (Wildman–Crippen MR) is 99.7 cm³/mol. The van der Waals surface area contributed by atoms with Gasteiger partial charge in [-0.15, -0.1) is 0 Å². The Morgan fingerprint density at radius 3 is 1.42 bits per heavy atom. The highest BCUT2D eigenvalue weighted by Crippen LogP contribution is 2.15. The normalized spacial score (nSPS) is 14.2. The smallest absolute Gasteiger partial charge is 0.253 e. The topological polar surface area (TPSA) is 57.7 Å². The second kappa shape index (κ2) is 7.70. The highest BCUT2D eigenvalue weighted by Gasteiger charge is 2.25. The molecule has 6 heteroatoms. The molecule has 1 aliphatic rings. The minimum absolute atomic E-state index is 0.0293. The lowest BCUT2D eigenvalue weighted by Gasteiger charge is -2.35. The summed E-state index contributed by atoms with van der Waals surface area (Å²) in [5, 5.41) is 0.591. The Kier molecular flexibility index (Phi) is 5.38. The maximum absolute atomic E-state index is 12.6. The van der Waals surface area contributed by atoms with Crippen LogP contribution in [0.3, 0.4) is 0 Å². The van der Waals surface area contributed by atoms with Gasteiger partial charge in [-0.05, 0) is 43.3 Å². The van der Waals surface area contributed by atoms with Crippen LogP contribution in [0.25, 0.3) is 0 Å². The maximum Gasteiger partial charge on any atom is 0.253 e. The van der Waals surface area contributed by atoms with Crippen molar-refractivity contribution in [2.75, 3.05) is 26.2 Å². The van der Waals surface area contributed by atoms with Gasteiger partial charge in [0.25, 0.3) is 11.8 Å². The Morgan fingerprint density at radius 2 is 1.04 bits per heavy atom. The van der Waals surface area contributed by atoms with E-state index in [0.717, 1.165) is 0 Å². The lowest BCUT2D eigenvalue weighted by Crippen LogP contribution is -2.50. The van der Waals surface area contributed by atoms with Crippen LogP contribution < -0.4 is 0 Å². The third-order valence-corrected chi connectivity index (χ3v) is 4.74. The van der Waals surface area contributed by atoms with E-state index in [2.05, 4.69) is 0 Å². The molecule has 26 heavy (non-hydrogen) atoms. The van der Waals surface area contributed by atoms with E-state index in [1.54, 1.807) is 58.3 Å². The van der Waals surface area contributed by atoms with E-state index in [4.69, 9.17) is 11.6 Å². The van der Waals surface area contributed by atoms with E-state index in [1.165, 1.54) is 6.92 Å². The van der Waals surface area contributed by atoms with E-state index in [1.807, 2.05) is 0 Å². The fraction of sp³-hybridized carbons (Fsp3) is 0.250. The van der Waals surface area contributed by atoms with Gasteiger partial charge in [-0.25, -0.2) is 0 Å². The molecule has 2 aromatic carbocycles. The van der Waals surface area contributed by atoms with Gasteiger partial charge in [-0.3, -0.25) is 14.4 Å².